The Kier molecular flexibility index (Phi) is 6.89. The second-order valence-electron chi connectivity index (χ2n) is 8.03. The summed E-state index contributed by atoms with van der Waals surface area (Å²) in [5, 5.41) is 0. The molecule has 0 N–H and O–H groups in total. The molecule has 2 unspecified atom stereocenters. The third-order valence-corrected chi connectivity index (χ3v) is 5.92. The lowest BCUT2D eigenvalue weighted by atomic mass is 9.94. The van der Waals surface area contributed by atoms with Crippen LogP contribution in [0.2, 0.25) is 0 Å². The van der Waals surface area contributed by atoms with E-state index in [4.69, 9.17) is 4.74 Å². The van der Waals surface area contributed by atoms with Gasteiger partial charge in [0.2, 0.25) is 0 Å². The summed E-state index contributed by atoms with van der Waals surface area (Å²) < 4.78 is 5.53. The number of hydrogen-bond acceptors (Lipinski definition) is 4. The molecule has 1 saturated carbocycles. The molecule has 1 aromatic carbocycles. The van der Waals surface area contributed by atoms with Crippen LogP contribution in [0.25, 0.3) is 0 Å². The van der Waals surface area contributed by atoms with Gasteiger partial charge in [0.25, 0.3) is 5.91 Å². The summed E-state index contributed by atoms with van der Waals surface area (Å²) in [4.78, 5) is 29.2. The maximum Gasteiger partial charge on any atom is 0.311 e. The van der Waals surface area contributed by atoms with Crippen molar-refractivity contribution in [2.45, 2.75) is 64.1 Å². The van der Waals surface area contributed by atoms with Crippen LogP contribution in [0.5, 0.6) is 0 Å². The molecule has 0 radical (unpaired) electrons. The Morgan fingerprint density at radius 1 is 1.15 bits per heavy atom. The van der Waals surface area contributed by atoms with Crippen LogP contribution >= 0.6 is 0 Å². The number of likely N-dealkylation sites (N-methyl/N-ethyl adjacent to an activating group) is 1. The van der Waals surface area contributed by atoms with E-state index in [0.29, 0.717) is 12.6 Å². The van der Waals surface area contributed by atoms with Gasteiger partial charge in [-0.1, -0.05) is 49.6 Å². The van der Waals surface area contributed by atoms with Crippen molar-refractivity contribution in [3.05, 3.63) is 35.9 Å². The van der Waals surface area contributed by atoms with E-state index < -0.39 is 6.10 Å². The van der Waals surface area contributed by atoms with Gasteiger partial charge in [-0.05, 0) is 38.3 Å². The van der Waals surface area contributed by atoms with Crippen molar-refractivity contribution >= 4 is 11.9 Å². The largest absolute Gasteiger partial charge is 0.452 e. The highest BCUT2D eigenvalue weighted by Gasteiger charge is 2.35. The molecule has 5 nitrogen and oxygen atoms in total. The number of benzene rings is 1. The summed E-state index contributed by atoms with van der Waals surface area (Å²) in [5.41, 5.74) is 1.06. The first-order valence-electron chi connectivity index (χ1n) is 10.3. The van der Waals surface area contributed by atoms with Crippen molar-refractivity contribution in [3.63, 3.8) is 0 Å². The van der Waals surface area contributed by atoms with Gasteiger partial charge in [0.15, 0.2) is 6.10 Å². The topological polar surface area (TPSA) is 49.9 Å². The fourth-order valence-electron chi connectivity index (χ4n) is 4.32. The van der Waals surface area contributed by atoms with Gasteiger partial charge in [-0.25, -0.2) is 0 Å². The number of hydrogen-bond donors (Lipinski definition) is 0. The zero-order valence-electron chi connectivity index (χ0n) is 16.6. The van der Waals surface area contributed by atoms with Gasteiger partial charge < -0.3 is 9.64 Å². The molecule has 1 heterocycles. The third kappa shape index (κ3) is 5.32. The van der Waals surface area contributed by atoms with Gasteiger partial charge in [-0.15, -0.1) is 0 Å². The lowest BCUT2D eigenvalue weighted by molar-refractivity contribution is -0.161. The van der Waals surface area contributed by atoms with Gasteiger partial charge in [0, 0.05) is 26.2 Å². The molecule has 27 heavy (non-hydrogen) atoms. The van der Waals surface area contributed by atoms with Crippen LogP contribution < -0.4 is 0 Å². The molecule has 2 atom stereocenters. The number of ether oxygens (including phenoxy) is 1. The van der Waals surface area contributed by atoms with Gasteiger partial charge in [0.1, 0.15) is 0 Å². The van der Waals surface area contributed by atoms with E-state index in [2.05, 4.69) is 4.90 Å². The average molecular weight is 373 g/mol. The van der Waals surface area contributed by atoms with Crippen molar-refractivity contribution in [1.29, 1.82) is 0 Å². The number of amides is 1. The summed E-state index contributed by atoms with van der Waals surface area (Å²) in [6.45, 7) is 3.95. The molecule has 148 valence electrons. The number of carbonyl (C=O) groups excluding carboxylic acids is 2. The minimum Gasteiger partial charge on any atom is -0.452 e. The maximum atomic E-state index is 12.5. The summed E-state index contributed by atoms with van der Waals surface area (Å²) in [6, 6.07) is 10.5. The molecule has 0 spiro atoms. The van der Waals surface area contributed by atoms with Gasteiger partial charge in [0.05, 0.1) is 5.92 Å². The quantitative estimate of drug-likeness (QED) is 0.720. The van der Waals surface area contributed by atoms with Crippen LogP contribution in [0.1, 0.15) is 51.0 Å². The Morgan fingerprint density at radius 2 is 1.85 bits per heavy atom. The van der Waals surface area contributed by atoms with Gasteiger partial charge in [-0.3, -0.25) is 14.5 Å². The Labute approximate surface area is 162 Å². The molecule has 1 aliphatic carbocycles. The number of nitrogens with zero attached hydrogens (tertiary/aromatic N) is 2. The first kappa shape index (κ1) is 19.9. The highest BCUT2D eigenvalue weighted by molar-refractivity contribution is 5.84. The van der Waals surface area contributed by atoms with Crippen LogP contribution in [0, 0.1) is 5.92 Å². The molecule has 5 heteroatoms. The lowest BCUT2D eigenvalue weighted by Crippen LogP contribution is -2.39. The van der Waals surface area contributed by atoms with E-state index in [1.54, 1.807) is 18.9 Å². The molecule has 1 saturated heterocycles. The first-order chi connectivity index (χ1) is 13.0. The Hall–Kier alpha value is -1.88. The fraction of sp³-hybridized carbons (Fsp3) is 0.636. The number of carbonyl (C=O) groups is 2. The normalized spacial score (nSPS) is 22.4. The number of rotatable bonds is 6. The average Bonchev–Trinajstić information content (AvgIpc) is 3.19. The zero-order chi connectivity index (χ0) is 19.2. The second kappa shape index (κ2) is 9.36. The van der Waals surface area contributed by atoms with Crippen molar-refractivity contribution in [3.8, 4) is 0 Å². The highest BCUT2D eigenvalue weighted by atomic mass is 16.5. The molecule has 1 aliphatic heterocycles. The molecule has 3 rings (SSSR count). The SMILES string of the molecule is CC(OC(=O)C1CCN(C2CCCCC2)C1)C(=O)N(C)Cc1ccccc1. The Morgan fingerprint density at radius 3 is 2.56 bits per heavy atom. The van der Waals surface area contributed by atoms with Crippen molar-refractivity contribution < 1.29 is 14.3 Å². The van der Waals surface area contributed by atoms with Crippen LogP contribution in [0.15, 0.2) is 30.3 Å². The molecule has 1 amide bonds. The summed E-state index contributed by atoms with van der Waals surface area (Å²) >= 11 is 0. The van der Waals surface area contributed by atoms with Gasteiger partial charge in [-0.2, -0.15) is 0 Å². The van der Waals surface area contributed by atoms with E-state index in [1.807, 2.05) is 30.3 Å². The standard InChI is InChI=1S/C22H32N2O3/c1-17(21(25)23(2)15-18-9-5-3-6-10-18)27-22(26)19-13-14-24(16-19)20-11-7-4-8-12-20/h3,5-6,9-10,17,19-20H,4,7-8,11-16H2,1-2H3. The summed E-state index contributed by atoms with van der Waals surface area (Å²) in [6.07, 6.45) is 6.55. The van der Waals surface area contributed by atoms with Crippen LogP contribution in [-0.2, 0) is 20.9 Å². The molecule has 0 aromatic heterocycles. The maximum absolute atomic E-state index is 12.5. The zero-order valence-corrected chi connectivity index (χ0v) is 16.6. The third-order valence-electron chi connectivity index (χ3n) is 5.92. The van der Waals surface area contributed by atoms with E-state index in [-0.39, 0.29) is 17.8 Å². The van der Waals surface area contributed by atoms with Crippen molar-refractivity contribution in [2.24, 2.45) is 5.92 Å². The van der Waals surface area contributed by atoms with E-state index in [1.165, 1.54) is 32.1 Å². The fourth-order valence-corrected chi connectivity index (χ4v) is 4.32. The molecule has 0 bridgehead atoms. The Bertz CT molecular complexity index is 628. The van der Waals surface area contributed by atoms with Crippen LogP contribution in [0.4, 0.5) is 0 Å². The predicted molar refractivity (Wildman–Crippen MR) is 105 cm³/mol. The molecular weight excluding hydrogens is 340 g/mol. The van der Waals surface area contributed by atoms with E-state index in [0.717, 1.165) is 25.1 Å². The molecule has 2 aliphatic rings. The molecule has 2 fully saturated rings. The second-order valence-corrected chi connectivity index (χ2v) is 8.03. The predicted octanol–water partition coefficient (Wildman–Crippen LogP) is 3.23. The smallest absolute Gasteiger partial charge is 0.311 e. The van der Waals surface area contributed by atoms with E-state index >= 15 is 0 Å². The summed E-state index contributed by atoms with van der Waals surface area (Å²) in [7, 11) is 1.75. The van der Waals surface area contributed by atoms with E-state index in [9.17, 15) is 9.59 Å². The highest BCUT2D eigenvalue weighted by Crippen LogP contribution is 2.28. The lowest BCUT2D eigenvalue weighted by Gasteiger charge is -2.31. The van der Waals surface area contributed by atoms with Crippen LogP contribution in [-0.4, -0.2) is 54.0 Å². The molecule has 1 aromatic rings. The van der Waals surface area contributed by atoms with Crippen molar-refractivity contribution in [1.82, 2.24) is 9.80 Å². The Balaban J connectivity index is 1.46. The molecular formula is C22H32N2O3. The van der Waals surface area contributed by atoms with Gasteiger partial charge >= 0.3 is 5.97 Å². The van der Waals surface area contributed by atoms with Crippen LogP contribution in [0.3, 0.4) is 0 Å². The minimum absolute atomic E-state index is 0.0957. The number of likely N-dealkylation sites (tertiary alicyclic amines) is 1. The number of esters is 1. The summed E-state index contributed by atoms with van der Waals surface area (Å²) in [5.74, 6) is -0.474. The monoisotopic (exact) mass is 372 g/mol. The van der Waals surface area contributed by atoms with Crippen molar-refractivity contribution in [2.75, 3.05) is 20.1 Å². The minimum atomic E-state index is -0.741. The first-order valence-corrected chi connectivity index (χ1v) is 10.3.